The highest BCUT2D eigenvalue weighted by molar-refractivity contribution is 5.76. The van der Waals surface area contributed by atoms with Crippen molar-refractivity contribution in [3.63, 3.8) is 0 Å². The summed E-state index contributed by atoms with van der Waals surface area (Å²) in [6, 6.07) is -0.825. The number of hydrogen-bond acceptors (Lipinski definition) is 4. The van der Waals surface area contributed by atoms with Crippen LogP contribution in [-0.2, 0) is 4.79 Å². The molecule has 0 bridgehead atoms. The van der Waals surface area contributed by atoms with Crippen LogP contribution in [-0.4, -0.2) is 46.1 Å². The Morgan fingerprint density at radius 3 is 1.35 bits per heavy atom. The van der Waals surface area contributed by atoms with Crippen LogP contribution in [0.25, 0.3) is 0 Å². The zero-order chi connectivity index (χ0) is 37.3. The first-order valence-corrected chi connectivity index (χ1v) is 22.3. The lowest BCUT2D eigenvalue weighted by molar-refractivity contribution is -0.124. The van der Waals surface area contributed by atoms with Crippen molar-refractivity contribution in [2.45, 2.75) is 244 Å². The molecule has 0 saturated heterocycles. The molecule has 0 aliphatic heterocycles. The molecule has 0 aromatic rings. The molecule has 0 radical (unpaired) electrons. The van der Waals surface area contributed by atoms with Gasteiger partial charge >= 0.3 is 0 Å². The first-order chi connectivity index (χ1) is 25.1. The van der Waals surface area contributed by atoms with Gasteiger partial charge in [0.25, 0.3) is 0 Å². The summed E-state index contributed by atoms with van der Waals surface area (Å²) in [5, 5.41) is 33.5. The van der Waals surface area contributed by atoms with E-state index in [4.69, 9.17) is 0 Å². The fourth-order valence-corrected chi connectivity index (χ4v) is 6.79. The predicted octanol–water partition coefficient (Wildman–Crippen LogP) is 12.8. The summed E-state index contributed by atoms with van der Waals surface area (Å²) in [6.07, 6.45) is 51.1. The maximum Gasteiger partial charge on any atom is 0.220 e. The minimum Gasteiger partial charge on any atom is -0.394 e. The van der Waals surface area contributed by atoms with E-state index in [2.05, 4.69) is 55.6 Å². The van der Waals surface area contributed by atoms with Crippen molar-refractivity contribution in [2.24, 2.45) is 0 Å². The lowest BCUT2D eigenvalue weighted by Gasteiger charge is -2.26. The highest BCUT2D eigenvalue weighted by Crippen LogP contribution is 2.16. The third kappa shape index (κ3) is 36.7. The van der Waals surface area contributed by atoms with Gasteiger partial charge in [0.1, 0.15) is 6.10 Å². The fourth-order valence-electron chi connectivity index (χ4n) is 6.79. The second kappa shape index (κ2) is 41.3. The number of nitrogens with one attached hydrogen (secondary N) is 1. The Balaban J connectivity index is 3.63. The Bertz CT molecular complexity index is 794. The molecule has 300 valence electrons. The summed E-state index contributed by atoms with van der Waals surface area (Å²) in [6.45, 7) is 4.07. The van der Waals surface area contributed by atoms with Gasteiger partial charge in [-0.25, -0.2) is 0 Å². The number of aliphatic hydroxyl groups excluding tert-OH is 3. The van der Waals surface area contributed by atoms with Crippen molar-refractivity contribution in [1.29, 1.82) is 0 Å². The lowest BCUT2D eigenvalue weighted by atomic mass is 10.0. The molecule has 0 saturated carbocycles. The molecule has 3 atom stereocenters. The van der Waals surface area contributed by atoms with Gasteiger partial charge in [0.05, 0.1) is 18.8 Å². The standard InChI is InChI=1S/C46H87NO4/c1-3-5-7-9-11-13-15-17-19-21-22-23-24-25-27-29-31-33-35-37-39-41-45(50)47-43(42-48)46(51)44(49)40-38-36-34-32-30-28-26-20-18-16-14-12-10-8-6-4-2/h5,7,11,13,32,34,43-44,46,48-49,51H,3-4,6,8-10,12,14-31,33,35-42H2,1-2H3,(H,47,50)/b7-5-,13-11-,34-32+. The second-order valence-corrected chi connectivity index (χ2v) is 15.2. The molecule has 0 heterocycles. The third-order valence-corrected chi connectivity index (χ3v) is 10.2. The van der Waals surface area contributed by atoms with Gasteiger partial charge in [-0.2, -0.15) is 0 Å². The van der Waals surface area contributed by atoms with Gasteiger partial charge in [-0.05, 0) is 64.2 Å². The predicted molar refractivity (Wildman–Crippen MR) is 222 cm³/mol. The third-order valence-electron chi connectivity index (χ3n) is 10.2. The zero-order valence-electron chi connectivity index (χ0n) is 34.0. The van der Waals surface area contributed by atoms with Gasteiger partial charge in [0.15, 0.2) is 0 Å². The van der Waals surface area contributed by atoms with Crippen molar-refractivity contribution in [2.75, 3.05) is 6.61 Å². The summed E-state index contributed by atoms with van der Waals surface area (Å²) in [5.74, 6) is -0.155. The fraction of sp³-hybridized carbons (Fsp3) is 0.848. The highest BCUT2D eigenvalue weighted by Gasteiger charge is 2.26. The van der Waals surface area contributed by atoms with Gasteiger partial charge in [-0.3, -0.25) is 4.79 Å². The van der Waals surface area contributed by atoms with E-state index in [1.165, 1.54) is 148 Å². The topological polar surface area (TPSA) is 89.8 Å². The summed E-state index contributed by atoms with van der Waals surface area (Å²) in [4.78, 5) is 12.4. The molecule has 5 heteroatoms. The van der Waals surface area contributed by atoms with Gasteiger partial charge in [0.2, 0.25) is 5.91 Å². The Kier molecular flexibility index (Phi) is 40.2. The highest BCUT2D eigenvalue weighted by atomic mass is 16.3. The molecule has 0 spiro atoms. The molecule has 3 unspecified atom stereocenters. The van der Waals surface area contributed by atoms with Crippen LogP contribution >= 0.6 is 0 Å². The average molecular weight is 718 g/mol. The van der Waals surface area contributed by atoms with Crippen LogP contribution in [0.2, 0.25) is 0 Å². The largest absolute Gasteiger partial charge is 0.394 e. The first kappa shape index (κ1) is 49.6. The number of carbonyl (C=O) groups is 1. The van der Waals surface area contributed by atoms with E-state index in [-0.39, 0.29) is 12.5 Å². The van der Waals surface area contributed by atoms with E-state index in [0.717, 1.165) is 51.4 Å². The molecule has 0 fully saturated rings. The zero-order valence-corrected chi connectivity index (χ0v) is 34.0. The van der Waals surface area contributed by atoms with E-state index in [1.807, 2.05) is 0 Å². The normalized spacial score (nSPS) is 13.9. The van der Waals surface area contributed by atoms with Crippen LogP contribution in [0.4, 0.5) is 0 Å². The van der Waals surface area contributed by atoms with Crippen LogP contribution in [0.3, 0.4) is 0 Å². The number of allylic oxidation sites excluding steroid dienone is 6. The Morgan fingerprint density at radius 2 is 0.902 bits per heavy atom. The first-order valence-electron chi connectivity index (χ1n) is 22.3. The number of amides is 1. The molecule has 0 aliphatic rings. The van der Waals surface area contributed by atoms with Crippen LogP contribution in [0.15, 0.2) is 36.5 Å². The minimum absolute atomic E-state index is 0.155. The molecular formula is C46H87NO4. The van der Waals surface area contributed by atoms with Gasteiger partial charge in [-0.1, -0.05) is 192 Å². The number of aliphatic hydroxyl groups is 3. The van der Waals surface area contributed by atoms with Gasteiger partial charge in [0, 0.05) is 6.42 Å². The van der Waals surface area contributed by atoms with E-state index in [9.17, 15) is 20.1 Å². The number of carbonyl (C=O) groups excluding carboxylic acids is 1. The molecule has 0 aromatic heterocycles. The van der Waals surface area contributed by atoms with Crippen molar-refractivity contribution >= 4 is 5.91 Å². The van der Waals surface area contributed by atoms with E-state index >= 15 is 0 Å². The molecule has 5 nitrogen and oxygen atoms in total. The minimum atomic E-state index is -1.16. The van der Waals surface area contributed by atoms with Crippen molar-refractivity contribution < 1.29 is 20.1 Å². The van der Waals surface area contributed by atoms with E-state index in [1.54, 1.807) is 0 Å². The number of unbranched alkanes of at least 4 members (excludes halogenated alkanes) is 26. The van der Waals surface area contributed by atoms with Crippen molar-refractivity contribution in [1.82, 2.24) is 5.32 Å². The molecular weight excluding hydrogens is 631 g/mol. The van der Waals surface area contributed by atoms with Crippen LogP contribution in [0.5, 0.6) is 0 Å². The molecule has 0 aromatic carbocycles. The van der Waals surface area contributed by atoms with E-state index < -0.39 is 18.2 Å². The monoisotopic (exact) mass is 718 g/mol. The summed E-state index contributed by atoms with van der Waals surface area (Å²) in [5.41, 5.74) is 0. The maximum absolute atomic E-state index is 12.4. The Morgan fingerprint density at radius 1 is 0.510 bits per heavy atom. The Hall–Kier alpha value is -1.43. The van der Waals surface area contributed by atoms with Crippen molar-refractivity contribution in [3.8, 4) is 0 Å². The van der Waals surface area contributed by atoms with Gasteiger partial charge < -0.3 is 20.6 Å². The molecule has 0 aliphatic carbocycles. The van der Waals surface area contributed by atoms with Crippen LogP contribution in [0, 0.1) is 0 Å². The smallest absolute Gasteiger partial charge is 0.220 e. The van der Waals surface area contributed by atoms with E-state index in [0.29, 0.717) is 12.8 Å². The number of hydrogen-bond donors (Lipinski definition) is 4. The average Bonchev–Trinajstić information content (AvgIpc) is 3.13. The summed E-state index contributed by atoms with van der Waals surface area (Å²) < 4.78 is 0. The van der Waals surface area contributed by atoms with Gasteiger partial charge in [-0.15, -0.1) is 0 Å². The lowest BCUT2D eigenvalue weighted by Crippen LogP contribution is -2.50. The Labute approximate surface area is 317 Å². The summed E-state index contributed by atoms with van der Waals surface area (Å²) in [7, 11) is 0. The maximum atomic E-state index is 12.4. The van der Waals surface area contributed by atoms with Crippen LogP contribution < -0.4 is 5.32 Å². The number of rotatable bonds is 40. The molecule has 0 rings (SSSR count). The SMILES string of the molecule is CC/C=C\C/C=C\CCCCCCCCCCCCCCCCC(=O)NC(CO)C(O)C(O)CCC/C=C/CCCCCCCCCCCCC. The van der Waals surface area contributed by atoms with Crippen LogP contribution in [0.1, 0.15) is 226 Å². The van der Waals surface area contributed by atoms with Crippen molar-refractivity contribution in [3.05, 3.63) is 36.5 Å². The molecule has 1 amide bonds. The quantitative estimate of drug-likeness (QED) is 0.0375. The summed E-state index contributed by atoms with van der Waals surface area (Å²) >= 11 is 0. The molecule has 4 N–H and O–H groups in total. The second-order valence-electron chi connectivity index (χ2n) is 15.2. The molecule has 51 heavy (non-hydrogen) atoms.